The smallest absolute Gasteiger partial charge is 0.319 e. The Bertz CT molecular complexity index is 1070. The molecular weight excluding hydrogens is 416 g/mol. The molecule has 3 N–H and O–H groups in total. The van der Waals surface area contributed by atoms with E-state index in [1.54, 1.807) is 31.2 Å². The zero-order valence-electron chi connectivity index (χ0n) is 17.4. The molecule has 3 heterocycles. The van der Waals surface area contributed by atoms with Gasteiger partial charge in [0, 0.05) is 24.5 Å². The van der Waals surface area contributed by atoms with E-state index in [4.69, 9.17) is 9.15 Å². The van der Waals surface area contributed by atoms with Crippen molar-refractivity contribution < 1.29 is 18.7 Å². The number of carbonyl (C=O) groups is 2. The molecule has 1 aliphatic rings. The molecule has 0 aliphatic carbocycles. The zero-order valence-corrected chi connectivity index (χ0v) is 18.2. The van der Waals surface area contributed by atoms with Crippen LogP contribution in [-0.4, -0.2) is 36.2 Å². The molecule has 0 radical (unpaired) electrons. The van der Waals surface area contributed by atoms with Gasteiger partial charge in [0.2, 0.25) is 0 Å². The molecule has 4 rings (SSSR count). The Morgan fingerprint density at radius 3 is 2.48 bits per heavy atom. The topological polar surface area (TPSA) is 105 Å². The van der Waals surface area contributed by atoms with Crippen molar-refractivity contribution in [2.45, 2.75) is 32.8 Å². The van der Waals surface area contributed by atoms with Crippen molar-refractivity contribution in [2.75, 3.05) is 23.8 Å². The molecule has 1 atom stereocenters. The Morgan fingerprint density at radius 2 is 1.84 bits per heavy atom. The third kappa shape index (κ3) is 5.31. The maximum Gasteiger partial charge on any atom is 0.319 e. The van der Waals surface area contributed by atoms with Gasteiger partial charge in [-0.25, -0.2) is 9.78 Å². The number of carbonyl (C=O) groups excluding carboxylic acids is 2. The van der Waals surface area contributed by atoms with E-state index in [0.717, 1.165) is 25.2 Å². The fourth-order valence-corrected chi connectivity index (χ4v) is 4.20. The number of amides is 3. The predicted octanol–water partition coefficient (Wildman–Crippen LogP) is 4.57. The van der Waals surface area contributed by atoms with Crippen LogP contribution in [0.5, 0.6) is 0 Å². The molecule has 3 aromatic rings. The van der Waals surface area contributed by atoms with Crippen LogP contribution in [0.15, 0.2) is 40.8 Å². The lowest BCUT2D eigenvalue weighted by Gasteiger charge is -2.12. The number of ether oxygens (including phenoxy) is 1. The van der Waals surface area contributed by atoms with Crippen molar-refractivity contribution in [3.05, 3.63) is 52.7 Å². The van der Waals surface area contributed by atoms with Crippen LogP contribution in [0, 0.1) is 13.8 Å². The van der Waals surface area contributed by atoms with Gasteiger partial charge in [0.15, 0.2) is 10.8 Å². The summed E-state index contributed by atoms with van der Waals surface area (Å²) in [6.45, 7) is 4.91. The van der Waals surface area contributed by atoms with E-state index in [1.165, 1.54) is 11.3 Å². The molecule has 2 aromatic heterocycles. The standard InChI is InChI=1S/C22H24N4O4S/c1-13-5-10-18(30-13)21-24-14(2)19(31-21)20(27)25-15-6-8-16(9-7-15)26-22(28)23-12-17-4-3-11-29-17/h5-10,17H,3-4,11-12H2,1-2H3,(H,25,27)(H2,23,26,28). The number of benzene rings is 1. The van der Waals surface area contributed by atoms with Crippen LogP contribution in [-0.2, 0) is 4.74 Å². The number of urea groups is 1. The second-order valence-electron chi connectivity index (χ2n) is 7.35. The minimum atomic E-state index is -0.284. The third-order valence-corrected chi connectivity index (χ3v) is 6.04. The molecular formula is C22H24N4O4S. The molecule has 1 unspecified atom stereocenters. The summed E-state index contributed by atoms with van der Waals surface area (Å²) < 4.78 is 11.1. The molecule has 0 spiro atoms. The average Bonchev–Trinajstić information content (AvgIpc) is 3.49. The second kappa shape index (κ2) is 9.32. The summed E-state index contributed by atoms with van der Waals surface area (Å²) >= 11 is 1.29. The highest BCUT2D eigenvalue weighted by Crippen LogP contribution is 2.30. The van der Waals surface area contributed by atoms with Crippen molar-refractivity contribution in [3.63, 3.8) is 0 Å². The first kappa shape index (κ1) is 21.1. The fourth-order valence-electron chi connectivity index (χ4n) is 3.27. The first-order valence-electron chi connectivity index (χ1n) is 10.1. The van der Waals surface area contributed by atoms with Gasteiger partial charge in [-0.05, 0) is 63.1 Å². The fraction of sp³-hybridized carbons (Fsp3) is 0.318. The summed E-state index contributed by atoms with van der Waals surface area (Å²) in [6, 6.07) is 10.4. The van der Waals surface area contributed by atoms with E-state index < -0.39 is 0 Å². The summed E-state index contributed by atoms with van der Waals surface area (Å²) in [5.41, 5.74) is 1.90. The van der Waals surface area contributed by atoms with Crippen molar-refractivity contribution in [1.82, 2.24) is 10.3 Å². The molecule has 3 amide bonds. The number of aryl methyl sites for hydroxylation is 2. The highest BCUT2D eigenvalue weighted by Gasteiger charge is 2.18. The van der Waals surface area contributed by atoms with E-state index in [9.17, 15) is 9.59 Å². The number of aromatic nitrogens is 1. The summed E-state index contributed by atoms with van der Waals surface area (Å²) in [5.74, 6) is 1.21. The molecule has 1 fully saturated rings. The van der Waals surface area contributed by atoms with Crippen molar-refractivity contribution in [1.29, 1.82) is 0 Å². The van der Waals surface area contributed by atoms with Crippen LogP contribution < -0.4 is 16.0 Å². The molecule has 1 saturated heterocycles. The van der Waals surface area contributed by atoms with Gasteiger partial charge < -0.3 is 25.1 Å². The maximum atomic E-state index is 12.7. The van der Waals surface area contributed by atoms with Crippen LogP contribution in [0.3, 0.4) is 0 Å². The molecule has 31 heavy (non-hydrogen) atoms. The predicted molar refractivity (Wildman–Crippen MR) is 120 cm³/mol. The van der Waals surface area contributed by atoms with Gasteiger partial charge in [-0.1, -0.05) is 0 Å². The third-order valence-electron chi connectivity index (χ3n) is 4.87. The van der Waals surface area contributed by atoms with Crippen molar-refractivity contribution in [2.24, 2.45) is 0 Å². The summed E-state index contributed by atoms with van der Waals surface area (Å²) in [5, 5.41) is 9.12. The first-order chi connectivity index (χ1) is 15.0. The molecule has 1 aromatic carbocycles. The normalized spacial score (nSPS) is 15.6. The minimum Gasteiger partial charge on any atom is -0.459 e. The second-order valence-corrected chi connectivity index (χ2v) is 8.34. The number of hydrogen-bond donors (Lipinski definition) is 3. The molecule has 162 valence electrons. The van der Waals surface area contributed by atoms with Crippen LogP contribution in [0.25, 0.3) is 10.8 Å². The minimum absolute atomic E-state index is 0.0934. The van der Waals surface area contributed by atoms with Crippen LogP contribution >= 0.6 is 11.3 Å². The molecule has 1 aliphatic heterocycles. The number of nitrogens with zero attached hydrogens (tertiary/aromatic N) is 1. The van der Waals surface area contributed by atoms with E-state index in [1.807, 2.05) is 19.1 Å². The lowest BCUT2D eigenvalue weighted by Crippen LogP contribution is -2.35. The van der Waals surface area contributed by atoms with Crippen LogP contribution in [0.4, 0.5) is 16.2 Å². The summed E-state index contributed by atoms with van der Waals surface area (Å²) in [4.78, 5) is 29.7. The Balaban J connectivity index is 1.33. The number of furan rings is 1. The first-order valence-corrected chi connectivity index (χ1v) is 10.9. The van der Waals surface area contributed by atoms with Gasteiger partial charge in [-0.3, -0.25) is 4.79 Å². The molecule has 9 heteroatoms. The largest absolute Gasteiger partial charge is 0.459 e. The van der Waals surface area contributed by atoms with Crippen LogP contribution in [0.2, 0.25) is 0 Å². The average molecular weight is 441 g/mol. The van der Waals surface area contributed by atoms with Crippen molar-refractivity contribution in [3.8, 4) is 10.8 Å². The summed E-state index contributed by atoms with van der Waals surface area (Å²) in [6.07, 6.45) is 2.10. The Morgan fingerprint density at radius 1 is 1.10 bits per heavy atom. The van der Waals surface area contributed by atoms with Gasteiger partial charge in [0.1, 0.15) is 10.6 Å². The monoisotopic (exact) mass is 440 g/mol. The Hall–Kier alpha value is -3.17. The lowest BCUT2D eigenvalue weighted by atomic mass is 10.2. The van der Waals surface area contributed by atoms with Crippen molar-refractivity contribution >= 4 is 34.6 Å². The van der Waals surface area contributed by atoms with E-state index in [-0.39, 0.29) is 18.0 Å². The maximum absolute atomic E-state index is 12.7. The van der Waals surface area contributed by atoms with Gasteiger partial charge in [0.25, 0.3) is 5.91 Å². The Labute approximate surface area is 184 Å². The highest BCUT2D eigenvalue weighted by atomic mass is 32.1. The zero-order chi connectivity index (χ0) is 21.8. The van der Waals surface area contributed by atoms with E-state index in [0.29, 0.717) is 39.3 Å². The van der Waals surface area contributed by atoms with Gasteiger partial charge in [0.05, 0.1) is 11.8 Å². The molecule has 0 bridgehead atoms. The van der Waals surface area contributed by atoms with E-state index in [2.05, 4.69) is 20.9 Å². The summed E-state index contributed by atoms with van der Waals surface area (Å²) in [7, 11) is 0. The van der Waals surface area contributed by atoms with E-state index >= 15 is 0 Å². The lowest BCUT2D eigenvalue weighted by molar-refractivity contribution is 0.102. The number of anilines is 2. The quantitative estimate of drug-likeness (QED) is 0.521. The van der Waals surface area contributed by atoms with Gasteiger partial charge in [-0.15, -0.1) is 11.3 Å². The molecule has 0 saturated carbocycles. The SMILES string of the molecule is Cc1ccc(-c2nc(C)c(C(=O)Nc3ccc(NC(=O)NCC4CCCO4)cc3)s2)o1. The number of rotatable bonds is 6. The van der Waals surface area contributed by atoms with Gasteiger partial charge >= 0.3 is 6.03 Å². The number of hydrogen-bond acceptors (Lipinski definition) is 6. The molecule has 8 nitrogen and oxygen atoms in total. The Kier molecular flexibility index (Phi) is 6.34. The van der Waals surface area contributed by atoms with Gasteiger partial charge in [-0.2, -0.15) is 0 Å². The number of nitrogens with one attached hydrogen (secondary N) is 3. The van der Waals surface area contributed by atoms with Crippen LogP contribution in [0.1, 0.15) is 34.0 Å². The highest BCUT2D eigenvalue weighted by molar-refractivity contribution is 7.17. The number of thiazole rings is 1.